The van der Waals surface area contributed by atoms with E-state index in [9.17, 15) is 13.9 Å². The maximum Gasteiger partial charge on any atom is 0.137 e. The Morgan fingerprint density at radius 3 is 2.65 bits per heavy atom. The van der Waals surface area contributed by atoms with Gasteiger partial charge in [0.25, 0.3) is 0 Å². The van der Waals surface area contributed by atoms with E-state index >= 15 is 0 Å². The summed E-state index contributed by atoms with van der Waals surface area (Å²) in [6.07, 6.45) is 5.23. The molecule has 3 aromatic rings. The first-order valence-electron chi connectivity index (χ1n) is 7.89. The van der Waals surface area contributed by atoms with Crippen LogP contribution in [-0.2, 0) is 0 Å². The number of rotatable bonds is 2. The van der Waals surface area contributed by atoms with Gasteiger partial charge in [0.05, 0.1) is 22.1 Å². The number of aliphatic hydroxyl groups excluding tert-OH is 1. The number of aromatic nitrogens is 3. The Morgan fingerprint density at radius 1 is 1.13 bits per heavy atom. The number of H-pyrrole nitrogens is 1. The fourth-order valence-corrected chi connectivity index (χ4v) is 3.69. The first-order valence-corrected chi connectivity index (χ1v) is 7.89. The molecule has 1 aliphatic carbocycles. The second-order valence-corrected chi connectivity index (χ2v) is 6.32. The minimum Gasteiger partial charge on any atom is -0.396 e. The molecule has 120 valence electrons. The lowest BCUT2D eigenvalue weighted by Gasteiger charge is -2.26. The second kappa shape index (κ2) is 5.53. The molecular weight excluding hydrogens is 300 g/mol. The van der Waals surface area contributed by atoms with Crippen molar-refractivity contribution >= 4 is 21.9 Å². The molecule has 2 N–H and O–H groups in total. The van der Waals surface area contributed by atoms with Crippen LogP contribution in [0, 0.1) is 17.6 Å². The van der Waals surface area contributed by atoms with Gasteiger partial charge in [-0.05, 0) is 37.7 Å². The summed E-state index contributed by atoms with van der Waals surface area (Å²) in [7, 11) is 0. The summed E-state index contributed by atoms with van der Waals surface area (Å²) >= 11 is 0. The van der Waals surface area contributed by atoms with E-state index in [1.807, 2.05) is 0 Å². The van der Waals surface area contributed by atoms with Crippen LogP contribution in [0.3, 0.4) is 0 Å². The van der Waals surface area contributed by atoms with Gasteiger partial charge in [0.15, 0.2) is 0 Å². The summed E-state index contributed by atoms with van der Waals surface area (Å²) in [6, 6.07) is 2.16. The third kappa shape index (κ3) is 2.37. The zero-order valence-electron chi connectivity index (χ0n) is 12.5. The average molecular weight is 317 g/mol. The van der Waals surface area contributed by atoms with Crippen LogP contribution in [0.1, 0.15) is 37.3 Å². The van der Waals surface area contributed by atoms with Gasteiger partial charge in [-0.25, -0.2) is 18.7 Å². The first kappa shape index (κ1) is 14.5. The highest BCUT2D eigenvalue weighted by Gasteiger charge is 2.26. The standard InChI is InChI=1S/C17H17F2N3O/c18-11-5-12(19)14-13(6-11)22-17-15(20-8-21-16(14)17)10-3-1-9(7-23)2-4-10/h5-6,8-10,22-23H,1-4,7H2. The van der Waals surface area contributed by atoms with Crippen LogP contribution in [0.15, 0.2) is 18.5 Å². The number of benzene rings is 1. The van der Waals surface area contributed by atoms with E-state index in [0.717, 1.165) is 37.4 Å². The van der Waals surface area contributed by atoms with E-state index < -0.39 is 11.6 Å². The van der Waals surface area contributed by atoms with Gasteiger partial charge in [0, 0.05) is 18.6 Å². The zero-order valence-corrected chi connectivity index (χ0v) is 12.5. The van der Waals surface area contributed by atoms with E-state index in [-0.39, 0.29) is 12.5 Å². The highest BCUT2D eigenvalue weighted by atomic mass is 19.1. The van der Waals surface area contributed by atoms with E-state index in [2.05, 4.69) is 15.0 Å². The minimum atomic E-state index is -0.612. The van der Waals surface area contributed by atoms with Gasteiger partial charge >= 0.3 is 0 Å². The van der Waals surface area contributed by atoms with Crippen molar-refractivity contribution in [1.82, 2.24) is 15.0 Å². The molecule has 4 rings (SSSR count). The molecule has 0 amide bonds. The molecule has 1 aliphatic rings. The Hall–Kier alpha value is -2.08. The molecule has 1 saturated carbocycles. The normalized spacial score (nSPS) is 22.0. The molecule has 0 spiro atoms. The van der Waals surface area contributed by atoms with Gasteiger partial charge in [-0.15, -0.1) is 0 Å². The summed E-state index contributed by atoms with van der Waals surface area (Å²) < 4.78 is 27.6. The maximum absolute atomic E-state index is 14.1. The highest BCUT2D eigenvalue weighted by molar-refractivity contribution is 6.05. The summed E-state index contributed by atoms with van der Waals surface area (Å²) in [6.45, 7) is 0.225. The van der Waals surface area contributed by atoms with Crippen molar-refractivity contribution in [3.8, 4) is 0 Å². The zero-order chi connectivity index (χ0) is 16.0. The summed E-state index contributed by atoms with van der Waals surface area (Å²) in [4.78, 5) is 11.7. The number of hydrogen-bond acceptors (Lipinski definition) is 3. The predicted octanol–water partition coefficient (Wildman–Crippen LogP) is 3.66. The molecule has 6 heteroatoms. The summed E-state index contributed by atoms with van der Waals surface area (Å²) in [5.74, 6) is -0.610. The van der Waals surface area contributed by atoms with Gasteiger partial charge in [0.2, 0.25) is 0 Å². The van der Waals surface area contributed by atoms with Crippen molar-refractivity contribution in [3.63, 3.8) is 0 Å². The number of fused-ring (bicyclic) bond motifs is 3. The van der Waals surface area contributed by atoms with Crippen LogP contribution in [-0.4, -0.2) is 26.7 Å². The van der Waals surface area contributed by atoms with Crippen LogP contribution in [0.25, 0.3) is 21.9 Å². The van der Waals surface area contributed by atoms with Crippen molar-refractivity contribution in [1.29, 1.82) is 0 Å². The fraction of sp³-hybridized carbons (Fsp3) is 0.412. The summed E-state index contributed by atoms with van der Waals surface area (Å²) in [5, 5.41) is 9.58. The molecule has 2 aromatic heterocycles. The largest absolute Gasteiger partial charge is 0.396 e. The van der Waals surface area contributed by atoms with Crippen LogP contribution in [0.4, 0.5) is 8.78 Å². The molecule has 0 atom stereocenters. The van der Waals surface area contributed by atoms with Crippen LogP contribution >= 0.6 is 0 Å². The second-order valence-electron chi connectivity index (χ2n) is 6.32. The molecule has 2 heterocycles. The van der Waals surface area contributed by atoms with Crippen molar-refractivity contribution < 1.29 is 13.9 Å². The molecule has 23 heavy (non-hydrogen) atoms. The summed E-state index contributed by atoms with van der Waals surface area (Å²) in [5.41, 5.74) is 2.47. The molecular formula is C17H17F2N3O. The van der Waals surface area contributed by atoms with Gasteiger partial charge in [-0.1, -0.05) is 0 Å². The molecule has 1 aromatic carbocycles. The lowest BCUT2D eigenvalue weighted by Crippen LogP contribution is -2.17. The third-order valence-corrected chi connectivity index (χ3v) is 4.92. The maximum atomic E-state index is 14.1. The number of hydrogen-bond donors (Lipinski definition) is 2. The molecule has 0 saturated heterocycles. The Bertz CT molecular complexity index is 869. The lowest BCUT2D eigenvalue weighted by atomic mass is 9.80. The topological polar surface area (TPSA) is 61.8 Å². The van der Waals surface area contributed by atoms with Gasteiger partial charge < -0.3 is 10.1 Å². The van der Waals surface area contributed by atoms with Crippen molar-refractivity contribution in [2.45, 2.75) is 31.6 Å². The van der Waals surface area contributed by atoms with Crippen LogP contribution in [0.2, 0.25) is 0 Å². The van der Waals surface area contributed by atoms with E-state index in [1.54, 1.807) is 0 Å². The number of aromatic amines is 1. The van der Waals surface area contributed by atoms with Crippen molar-refractivity contribution in [3.05, 3.63) is 35.8 Å². The van der Waals surface area contributed by atoms with Crippen molar-refractivity contribution in [2.24, 2.45) is 5.92 Å². The Balaban J connectivity index is 1.84. The number of nitrogens with zero attached hydrogens (tertiary/aromatic N) is 2. The number of halogens is 2. The molecule has 4 nitrogen and oxygen atoms in total. The molecule has 0 radical (unpaired) electrons. The monoisotopic (exact) mass is 317 g/mol. The highest BCUT2D eigenvalue weighted by Crippen LogP contribution is 2.38. The lowest BCUT2D eigenvalue weighted by molar-refractivity contribution is 0.182. The molecule has 0 bridgehead atoms. The smallest absolute Gasteiger partial charge is 0.137 e. The molecule has 0 aliphatic heterocycles. The number of nitrogens with one attached hydrogen (secondary N) is 1. The van der Waals surface area contributed by atoms with E-state index in [0.29, 0.717) is 27.9 Å². The first-order chi connectivity index (χ1) is 11.2. The van der Waals surface area contributed by atoms with Gasteiger partial charge in [-0.3, -0.25) is 0 Å². The Morgan fingerprint density at radius 2 is 1.91 bits per heavy atom. The fourth-order valence-electron chi connectivity index (χ4n) is 3.69. The van der Waals surface area contributed by atoms with Crippen molar-refractivity contribution in [2.75, 3.05) is 6.61 Å². The van der Waals surface area contributed by atoms with Crippen LogP contribution < -0.4 is 0 Å². The van der Waals surface area contributed by atoms with Gasteiger partial charge in [0.1, 0.15) is 23.5 Å². The quantitative estimate of drug-likeness (QED) is 0.758. The third-order valence-electron chi connectivity index (χ3n) is 4.92. The number of aliphatic hydroxyl groups is 1. The Labute approximate surface area is 131 Å². The van der Waals surface area contributed by atoms with E-state index in [1.165, 1.54) is 12.4 Å². The average Bonchev–Trinajstić information content (AvgIpc) is 2.93. The Kier molecular flexibility index (Phi) is 3.49. The molecule has 0 unspecified atom stereocenters. The SMILES string of the molecule is OCC1CCC(c2ncnc3c2[nH]c2cc(F)cc(F)c23)CC1. The van der Waals surface area contributed by atoms with Crippen LogP contribution in [0.5, 0.6) is 0 Å². The predicted molar refractivity (Wildman–Crippen MR) is 83.1 cm³/mol. The van der Waals surface area contributed by atoms with Gasteiger partial charge in [-0.2, -0.15) is 0 Å². The van der Waals surface area contributed by atoms with E-state index in [4.69, 9.17) is 0 Å². The minimum absolute atomic E-state index is 0.225. The molecule has 1 fully saturated rings.